The fourth-order valence-electron chi connectivity index (χ4n) is 5.40. The molecule has 1 aliphatic carbocycles. The van der Waals surface area contributed by atoms with E-state index < -0.39 is 12.1 Å². The average Bonchev–Trinajstić information content (AvgIpc) is 3.62. The van der Waals surface area contributed by atoms with Crippen LogP contribution in [0.1, 0.15) is 57.5 Å². The molecule has 1 unspecified atom stereocenters. The summed E-state index contributed by atoms with van der Waals surface area (Å²) in [5.41, 5.74) is 3.47. The number of carbonyl (C=O) groups excluding carboxylic acids is 2. The molecule has 2 aliphatic rings. The van der Waals surface area contributed by atoms with Crippen molar-refractivity contribution in [1.29, 1.82) is 0 Å². The van der Waals surface area contributed by atoms with Gasteiger partial charge in [0.2, 0.25) is 0 Å². The maximum atomic E-state index is 15.1. The SMILES string of the molecule is COC(=O)CC1COc2cc(O[C@@H]3CCc4c(Oc5ccc(C(=O)OCc6ccccc6)cc5)ccc(F)c43)ccc21. The van der Waals surface area contributed by atoms with Gasteiger partial charge in [0.05, 0.1) is 25.7 Å². The third-order valence-corrected chi connectivity index (χ3v) is 7.55. The topological polar surface area (TPSA) is 80.3 Å². The number of rotatable bonds is 9. The quantitative estimate of drug-likeness (QED) is 0.200. The van der Waals surface area contributed by atoms with Gasteiger partial charge < -0.3 is 23.7 Å². The second kappa shape index (κ2) is 11.9. The van der Waals surface area contributed by atoms with Crippen LogP contribution in [0.5, 0.6) is 23.0 Å². The molecule has 7 nitrogen and oxygen atoms in total. The van der Waals surface area contributed by atoms with Crippen LogP contribution in [-0.2, 0) is 27.3 Å². The number of benzene rings is 4. The Morgan fingerprint density at radius 3 is 2.52 bits per heavy atom. The summed E-state index contributed by atoms with van der Waals surface area (Å²) in [5, 5.41) is 0. The fraction of sp³-hybridized carbons (Fsp3) is 0.235. The molecule has 0 amide bonds. The van der Waals surface area contributed by atoms with Crippen LogP contribution in [0.3, 0.4) is 0 Å². The van der Waals surface area contributed by atoms with Gasteiger partial charge in [-0.05, 0) is 60.9 Å². The van der Waals surface area contributed by atoms with Crippen molar-refractivity contribution in [3.05, 3.63) is 119 Å². The monoisotopic (exact) mass is 568 g/mol. The van der Waals surface area contributed by atoms with Crippen molar-refractivity contribution < 1.29 is 37.7 Å². The molecule has 2 atom stereocenters. The number of halogens is 1. The highest BCUT2D eigenvalue weighted by atomic mass is 19.1. The minimum atomic E-state index is -0.490. The summed E-state index contributed by atoms with van der Waals surface area (Å²) in [7, 11) is 1.37. The van der Waals surface area contributed by atoms with Gasteiger partial charge in [0.15, 0.2) is 0 Å². The number of hydrogen-bond acceptors (Lipinski definition) is 7. The molecule has 0 N–H and O–H groups in total. The maximum Gasteiger partial charge on any atom is 0.338 e. The van der Waals surface area contributed by atoms with E-state index >= 15 is 4.39 Å². The number of methoxy groups -OCH3 is 1. The molecule has 4 aromatic rings. The zero-order valence-electron chi connectivity index (χ0n) is 23.0. The predicted octanol–water partition coefficient (Wildman–Crippen LogP) is 7.08. The lowest BCUT2D eigenvalue weighted by Gasteiger charge is -2.17. The van der Waals surface area contributed by atoms with Gasteiger partial charge in [-0.3, -0.25) is 4.79 Å². The number of esters is 2. The van der Waals surface area contributed by atoms with E-state index in [1.165, 1.54) is 13.2 Å². The van der Waals surface area contributed by atoms with Gasteiger partial charge >= 0.3 is 11.9 Å². The highest BCUT2D eigenvalue weighted by molar-refractivity contribution is 5.89. The Hall–Kier alpha value is -4.85. The highest BCUT2D eigenvalue weighted by Gasteiger charge is 2.32. The minimum absolute atomic E-state index is 0.0696. The second-order valence-electron chi connectivity index (χ2n) is 10.3. The van der Waals surface area contributed by atoms with Crippen LogP contribution in [0.15, 0.2) is 84.9 Å². The van der Waals surface area contributed by atoms with E-state index in [1.54, 1.807) is 36.4 Å². The largest absolute Gasteiger partial charge is 0.492 e. The van der Waals surface area contributed by atoms with Gasteiger partial charge in [-0.25, -0.2) is 9.18 Å². The lowest BCUT2D eigenvalue weighted by Crippen LogP contribution is -2.09. The van der Waals surface area contributed by atoms with E-state index in [2.05, 4.69) is 0 Å². The van der Waals surface area contributed by atoms with Crippen molar-refractivity contribution >= 4 is 11.9 Å². The molecule has 1 aliphatic heterocycles. The number of hydrogen-bond donors (Lipinski definition) is 0. The highest BCUT2D eigenvalue weighted by Crippen LogP contribution is 2.44. The molecular formula is C34H29FO7. The molecule has 0 spiro atoms. The Morgan fingerprint density at radius 1 is 0.952 bits per heavy atom. The molecule has 0 radical (unpaired) electrons. The zero-order valence-corrected chi connectivity index (χ0v) is 23.0. The lowest BCUT2D eigenvalue weighted by molar-refractivity contribution is -0.141. The Kier molecular flexibility index (Phi) is 7.77. The zero-order chi connectivity index (χ0) is 29.1. The normalized spacial score (nSPS) is 16.6. The van der Waals surface area contributed by atoms with E-state index in [1.807, 2.05) is 42.5 Å². The summed E-state index contributed by atoms with van der Waals surface area (Å²) in [6.07, 6.45) is 0.923. The minimum Gasteiger partial charge on any atom is -0.492 e. The van der Waals surface area contributed by atoms with Crippen LogP contribution in [0, 0.1) is 5.82 Å². The summed E-state index contributed by atoms with van der Waals surface area (Å²) in [6, 6.07) is 24.6. The second-order valence-corrected chi connectivity index (χ2v) is 10.3. The summed E-state index contributed by atoms with van der Waals surface area (Å²) < 4.78 is 43.4. The van der Waals surface area contributed by atoms with Gasteiger partial charge in [-0.15, -0.1) is 0 Å². The molecule has 4 aromatic carbocycles. The van der Waals surface area contributed by atoms with E-state index in [9.17, 15) is 9.59 Å². The van der Waals surface area contributed by atoms with Crippen LogP contribution in [0.25, 0.3) is 0 Å². The van der Waals surface area contributed by atoms with E-state index in [-0.39, 0.29) is 30.7 Å². The van der Waals surface area contributed by atoms with Gasteiger partial charge in [0.1, 0.15) is 41.5 Å². The van der Waals surface area contributed by atoms with Crippen molar-refractivity contribution in [2.45, 2.75) is 37.9 Å². The summed E-state index contributed by atoms with van der Waals surface area (Å²) in [5.74, 6) is 1.14. The van der Waals surface area contributed by atoms with Crippen molar-refractivity contribution in [3.8, 4) is 23.0 Å². The lowest BCUT2D eigenvalue weighted by atomic mass is 9.98. The average molecular weight is 569 g/mol. The maximum absolute atomic E-state index is 15.1. The molecule has 1 heterocycles. The molecule has 0 saturated carbocycles. The van der Waals surface area contributed by atoms with Crippen molar-refractivity contribution in [1.82, 2.24) is 0 Å². The van der Waals surface area contributed by atoms with Crippen LogP contribution < -0.4 is 14.2 Å². The number of ether oxygens (including phenoxy) is 5. The van der Waals surface area contributed by atoms with Crippen molar-refractivity contribution in [2.24, 2.45) is 0 Å². The summed E-state index contributed by atoms with van der Waals surface area (Å²) in [6.45, 7) is 0.586. The molecule has 8 heteroatoms. The molecule has 0 bridgehead atoms. The first-order chi connectivity index (χ1) is 20.5. The first kappa shape index (κ1) is 27.3. The van der Waals surface area contributed by atoms with Crippen LogP contribution >= 0.6 is 0 Å². The third kappa shape index (κ3) is 5.79. The fourth-order valence-corrected chi connectivity index (χ4v) is 5.40. The molecule has 42 heavy (non-hydrogen) atoms. The molecule has 0 saturated heterocycles. The first-order valence-corrected chi connectivity index (χ1v) is 13.8. The van der Waals surface area contributed by atoms with E-state index in [0.29, 0.717) is 53.6 Å². The number of fused-ring (bicyclic) bond motifs is 2. The van der Waals surface area contributed by atoms with Crippen LogP contribution in [-0.4, -0.2) is 25.7 Å². The first-order valence-electron chi connectivity index (χ1n) is 13.8. The van der Waals surface area contributed by atoms with E-state index in [0.717, 1.165) is 16.7 Å². The molecule has 0 fully saturated rings. The standard InChI is InChI=1S/C34H29FO7/c1-38-32(36)17-23-20-39-31-18-25(11-12-26(23)31)42-30-15-13-27-29(16-14-28(35)33(27)30)41-24-9-7-22(8-10-24)34(37)40-19-21-5-3-2-4-6-21/h2-12,14,16,18,23,30H,13,15,17,19-20H2,1H3/t23?,30-/m1/s1. The van der Waals surface area contributed by atoms with E-state index in [4.69, 9.17) is 23.7 Å². The van der Waals surface area contributed by atoms with Crippen molar-refractivity contribution in [3.63, 3.8) is 0 Å². The van der Waals surface area contributed by atoms with Gasteiger partial charge in [-0.2, -0.15) is 0 Å². The van der Waals surface area contributed by atoms with Gasteiger partial charge in [-0.1, -0.05) is 36.4 Å². The summed E-state index contributed by atoms with van der Waals surface area (Å²) >= 11 is 0. The Labute approximate surface area is 242 Å². The smallest absolute Gasteiger partial charge is 0.338 e. The third-order valence-electron chi connectivity index (χ3n) is 7.55. The molecular weight excluding hydrogens is 539 g/mol. The molecule has 0 aromatic heterocycles. The number of carbonyl (C=O) groups is 2. The van der Waals surface area contributed by atoms with Gasteiger partial charge in [0, 0.05) is 28.7 Å². The Morgan fingerprint density at radius 2 is 1.74 bits per heavy atom. The molecule has 6 rings (SSSR count). The van der Waals surface area contributed by atoms with Gasteiger partial charge in [0.25, 0.3) is 0 Å². The predicted molar refractivity (Wildman–Crippen MR) is 151 cm³/mol. The van der Waals surface area contributed by atoms with Crippen molar-refractivity contribution in [2.75, 3.05) is 13.7 Å². The van der Waals surface area contributed by atoms with Crippen LogP contribution in [0.2, 0.25) is 0 Å². The Bertz CT molecular complexity index is 1600. The Balaban J connectivity index is 1.12. The van der Waals surface area contributed by atoms with Crippen LogP contribution in [0.4, 0.5) is 4.39 Å². The molecule has 214 valence electrons. The summed E-state index contributed by atoms with van der Waals surface area (Å²) in [4.78, 5) is 24.2.